The van der Waals surface area contributed by atoms with Gasteiger partial charge in [-0.2, -0.15) is 0 Å². The standard InChI is InChI=1S/C21H25F2NO/c1-4-16-18(22)11-15(12-19(16)23)21-13-24(9-10-25-21)20-8-6-5-7-17(20)14(2)3/h5-8,11-12,14,21H,4,9-10,13H2,1-3H3. The normalized spacial score (nSPS) is 18.0. The van der Waals surface area contributed by atoms with Crippen LogP contribution < -0.4 is 4.90 Å². The summed E-state index contributed by atoms with van der Waals surface area (Å²) in [6.45, 7) is 8.00. The summed E-state index contributed by atoms with van der Waals surface area (Å²) in [7, 11) is 0. The van der Waals surface area contributed by atoms with E-state index < -0.39 is 11.6 Å². The van der Waals surface area contributed by atoms with Crippen molar-refractivity contribution in [3.8, 4) is 0 Å². The van der Waals surface area contributed by atoms with Gasteiger partial charge in [-0.15, -0.1) is 0 Å². The minimum Gasteiger partial charge on any atom is -0.370 e. The first kappa shape index (κ1) is 17.9. The van der Waals surface area contributed by atoms with Crippen LogP contribution in [-0.2, 0) is 11.2 Å². The maximum absolute atomic E-state index is 14.1. The molecule has 0 aliphatic carbocycles. The second kappa shape index (κ2) is 7.52. The van der Waals surface area contributed by atoms with Gasteiger partial charge < -0.3 is 9.64 Å². The van der Waals surface area contributed by atoms with Gasteiger partial charge in [-0.25, -0.2) is 8.78 Å². The van der Waals surface area contributed by atoms with Crippen molar-refractivity contribution in [2.24, 2.45) is 0 Å². The molecule has 1 fully saturated rings. The van der Waals surface area contributed by atoms with E-state index in [9.17, 15) is 8.78 Å². The van der Waals surface area contributed by atoms with Crippen LogP contribution in [0.2, 0.25) is 0 Å². The molecule has 0 N–H and O–H groups in total. The molecule has 4 heteroatoms. The van der Waals surface area contributed by atoms with E-state index in [4.69, 9.17) is 4.74 Å². The number of rotatable bonds is 4. The second-order valence-electron chi connectivity index (χ2n) is 6.84. The van der Waals surface area contributed by atoms with Crippen molar-refractivity contribution < 1.29 is 13.5 Å². The highest BCUT2D eigenvalue weighted by molar-refractivity contribution is 5.55. The second-order valence-corrected chi connectivity index (χ2v) is 6.84. The monoisotopic (exact) mass is 345 g/mol. The molecule has 1 atom stereocenters. The van der Waals surface area contributed by atoms with Crippen molar-refractivity contribution in [3.05, 3.63) is 64.7 Å². The lowest BCUT2D eigenvalue weighted by atomic mass is 9.99. The maximum Gasteiger partial charge on any atom is 0.129 e. The molecule has 0 amide bonds. The molecule has 1 heterocycles. The predicted octanol–water partition coefficient (Wildman–Crippen LogP) is 5.23. The molecule has 1 aliphatic heterocycles. The zero-order valence-electron chi connectivity index (χ0n) is 15.1. The number of benzene rings is 2. The van der Waals surface area contributed by atoms with Crippen LogP contribution in [0.1, 0.15) is 49.5 Å². The summed E-state index contributed by atoms with van der Waals surface area (Å²) >= 11 is 0. The van der Waals surface area contributed by atoms with E-state index in [1.165, 1.54) is 23.4 Å². The van der Waals surface area contributed by atoms with Gasteiger partial charge in [0.2, 0.25) is 0 Å². The number of hydrogen-bond donors (Lipinski definition) is 0. The summed E-state index contributed by atoms with van der Waals surface area (Å²) in [6.07, 6.45) is 0.0149. The number of para-hydroxylation sites is 1. The van der Waals surface area contributed by atoms with Crippen LogP contribution in [0.15, 0.2) is 36.4 Å². The third-order valence-electron chi connectivity index (χ3n) is 4.85. The number of halogens is 2. The highest BCUT2D eigenvalue weighted by Gasteiger charge is 2.25. The predicted molar refractivity (Wildman–Crippen MR) is 97.2 cm³/mol. The molecule has 0 bridgehead atoms. The summed E-state index contributed by atoms with van der Waals surface area (Å²) in [5.74, 6) is -0.558. The molecule has 134 valence electrons. The van der Waals surface area contributed by atoms with E-state index in [-0.39, 0.29) is 11.7 Å². The number of hydrogen-bond acceptors (Lipinski definition) is 2. The van der Waals surface area contributed by atoms with Crippen molar-refractivity contribution in [1.29, 1.82) is 0 Å². The van der Waals surface area contributed by atoms with Crippen LogP contribution in [0, 0.1) is 11.6 Å². The number of nitrogens with zero attached hydrogens (tertiary/aromatic N) is 1. The van der Waals surface area contributed by atoms with Gasteiger partial charge >= 0.3 is 0 Å². The van der Waals surface area contributed by atoms with Gasteiger partial charge in [-0.1, -0.05) is 39.0 Å². The quantitative estimate of drug-likeness (QED) is 0.752. The number of morpholine rings is 1. The third kappa shape index (κ3) is 3.69. The van der Waals surface area contributed by atoms with Crippen molar-refractivity contribution >= 4 is 5.69 Å². The van der Waals surface area contributed by atoms with Crippen LogP contribution in [0.3, 0.4) is 0 Å². The molecule has 25 heavy (non-hydrogen) atoms. The number of ether oxygens (including phenoxy) is 1. The number of anilines is 1. The minimum absolute atomic E-state index is 0.140. The van der Waals surface area contributed by atoms with E-state index in [0.29, 0.717) is 31.1 Å². The molecule has 0 aromatic heterocycles. The van der Waals surface area contributed by atoms with Gasteiger partial charge in [0.1, 0.15) is 17.7 Å². The Bertz CT molecular complexity index is 721. The summed E-state index contributed by atoms with van der Waals surface area (Å²) in [5, 5.41) is 0. The van der Waals surface area contributed by atoms with Gasteiger partial charge in [-0.05, 0) is 41.7 Å². The highest BCUT2D eigenvalue weighted by atomic mass is 19.1. The van der Waals surface area contributed by atoms with Gasteiger partial charge in [0.15, 0.2) is 0 Å². The Hall–Kier alpha value is -1.94. The van der Waals surface area contributed by atoms with Crippen molar-refractivity contribution in [2.45, 2.75) is 39.2 Å². The summed E-state index contributed by atoms with van der Waals surface area (Å²) in [5.41, 5.74) is 3.17. The fourth-order valence-corrected chi connectivity index (χ4v) is 3.48. The van der Waals surface area contributed by atoms with Crippen LogP contribution in [0.4, 0.5) is 14.5 Å². The molecule has 0 saturated carbocycles. The van der Waals surface area contributed by atoms with Crippen molar-refractivity contribution in [3.63, 3.8) is 0 Å². The highest BCUT2D eigenvalue weighted by Crippen LogP contribution is 2.32. The summed E-state index contributed by atoms with van der Waals surface area (Å²) < 4.78 is 34.1. The molecule has 3 rings (SSSR count). The lowest BCUT2D eigenvalue weighted by Gasteiger charge is -2.36. The average Bonchev–Trinajstić information content (AvgIpc) is 2.61. The molecule has 2 aromatic rings. The van der Waals surface area contributed by atoms with Crippen LogP contribution >= 0.6 is 0 Å². The van der Waals surface area contributed by atoms with Gasteiger partial charge in [-0.3, -0.25) is 0 Å². The molecule has 2 nitrogen and oxygen atoms in total. The van der Waals surface area contributed by atoms with Crippen LogP contribution in [-0.4, -0.2) is 19.7 Å². The largest absolute Gasteiger partial charge is 0.370 e. The lowest BCUT2D eigenvalue weighted by molar-refractivity contribution is 0.0393. The van der Waals surface area contributed by atoms with E-state index in [0.717, 1.165) is 6.54 Å². The topological polar surface area (TPSA) is 12.5 Å². The van der Waals surface area contributed by atoms with E-state index in [2.05, 4.69) is 30.9 Å². The summed E-state index contributed by atoms with van der Waals surface area (Å²) in [4.78, 5) is 2.26. The Kier molecular flexibility index (Phi) is 5.38. The molecule has 0 spiro atoms. The van der Waals surface area contributed by atoms with Crippen molar-refractivity contribution in [1.82, 2.24) is 0 Å². The lowest BCUT2D eigenvalue weighted by Crippen LogP contribution is -2.39. The average molecular weight is 345 g/mol. The Morgan fingerprint density at radius 3 is 2.48 bits per heavy atom. The zero-order chi connectivity index (χ0) is 18.0. The first-order valence-electron chi connectivity index (χ1n) is 8.94. The van der Waals surface area contributed by atoms with E-state index in [1.54, 1.807) is 6.92 Å². The molecular formula is C21H25F2NO. The molecular weight excluding hydrogens is 320 g/mol. The Labute approximate surface area is 148 Å². The fourth-order valence-electron chi connectivity index (χ4n) is 3.48. The molecule has 1 saturated heterocycles. The molecule has 0 radical (unpaired) electrons. The third-order valence-corrected chi connectivity index (χ3v) is 4.85. The van der Waals surface area contributed by atoms with Crippen molar-refractivity contribution in [2.75, 3.05) is 24.6 Å². The first-order valence-corrected chi connectivity index (χ1v) is 8.94. The van der Waals surface area contributed by atoms with Crippen LogP contribution in [0.25, 0.3) is 0 Å². The first-order chi connectivity index (χ1) is 12.0. The molecule has 1 unspecified atom stereocenters. The SMILES string of the molecule is CCc1c(F)cc(C2CN(c3ccccc3C(C)C)CCO2)cc1F. The van der Waals surface area contributed by atoms with Gasteiger partial charge in [0, 0.05) is 24.3 Å². The van der Waals surface area contributed by atoms with Gasteiger partial charge in [0.25, 0.3) is 0 Å². The van der Waals surface area contributed by atoms with Gasteiger partial charge in [0.05, 0.1) is 6.61 Å². The Morgan fingerprint density at radius 1 is 1.16 bits per heavy atom. The minimum atomic E-state index is -0.485. The summed E-state index contributed by atoms with van der Waals surface area (Å²) in [6, 6.07) is 11.2. The zero-order valence-corrected chi connectivity index (χ0v) is 15.1. The molecule has 1 aliphatic rings. The van der Waals surface area contributed by atoms with E-state index >= 15 is 0 Å². The smallest absolute Gasteiger partial charge is 0.129 e. The van der Waals surface area contributed by atoms with E-state index in [1.807, 2.05) is 12.1 Å². The molecule has 2 aromatic carbocycles. The maximum atomic E-state index is 14.1. The fraction of sp³-hybridized carbons (Fsp3) is 0.429. The van der Waals surface area contributed by atoms with Crippen LogP contribution in [0.5, 0.6) is 0 Å². The Morgan fingerprint density at radius 2 is 1.84 bits per heavy atom. The Balaban J connectivity index is 1.87.